The largest absolute Gasteiger partial charge is 0.465 e. The molecule has 0 bridgehead atoms. The number of amidine groups is 1. The first-order valence-corrected chi connectivity index (χ1v) is 10.5. The lowest BCUT2D eigenvalue weighted by molar-refractivity contribution is -0.520. The van der Waals surface area contributed by atoms with Gasteiger partial charge in [-0.15, -0.1) is 0 Å². The van der Waals surface area contributed by atoms with Crippen LogP contribution in [-0.4, -0.2) is 72.0 Å². The number of hydrogen-bond donors (Lipinski definition) is 1. The number of rotatable bonds is 2. The zero-order valence-electron chi connectivity index (χ0n) is 17.7. The molecule has 0 aromatic carbocycles. The predicted molar refractivity (Wildman–Crippen MR) is 90.9 cm³/mol. The quantitative estimate of drug-likeness (QED) is 0.382. The number of ether oxygens (including phenoxy) is 2. The van der Waals surface area contributed by atoms with Crippen LogP contribution < -0.4 is 5.32 Å². The van der Waals surface area contributed by atoms with E-state index in [0.29, 0.717) is 0 Å². The molecular formula is C14H15F12N4O4P. The first kappa shape index (κ1) is 29.3. The van der Waals surface area contributed by atoms with Crippen LogP contribution >= 0.6 is 7.52 Å². The van der Waals surface area contributed by atoms with E-state index in [0.717, 1.165) is 25.8 Å². The summed E-state index contributed by atoms with van der Waals surface area (Å²) < 4.78 is 189. The van der Waals surface area contributed by atoms with Crippen LogP contribution in [0.15, 0.2) is 9.76 Å². The number of nitrogens with zero attached hydrogens (tertiary/aromatic N) is 3. The van der Waals surface area contributed by atoms with Gasteiger partial charge in [-0.3, -0.25) is 14.6 Å². The summed E-state index contributed by atoms with van der Waals surface area (Å²) in [6.45, 7) is 3.34. The Morgan fingerprint density at radius 2 is 1.40 bits per heavy atom. The molecule has 0 aromatic rings. The van der Waals surface area contributed by atoms with Crippen LogP contribution in [0.2, 0.25) is 0 Å². The molecule has 0 spiro atoms. The lowest BCUT2D eigenvalue weighted by atomic mass is 10.1. The summed E-state index contributed by atoms with van der Waals surface area (Å²) in [6, 6.07) is -2.58. The van der Waals surface area contributed by atoms with Gasteiger partial charge in [0.1, 0.15) is 5.28 Å². The highest BCUT2D eigenvalue weighted by Gasteiger charge is 2.87. The summed E-state index contributed by atoms with van der Waals surface area (Å²) in [7, 11) is -3.26. The summed E-state index contributed by atoms with van der Waals surface area (Å²) in [5, 5.41) is -0.395. The van der Waals surface area contributed by atoms with Crippen molar-refractivity contribution in [1.29, 1.82) is 0 Å². The van der Waals surface area contributed by atoms with E-state index in [1.165, 1.54) is 12.2 Å². The summed E-state index contributed by atoms with van der Waals surface area (Å²) in [5.74, 6) is -7.55. The van der Waals surface area contributed by atoms with Crippen LogP contribution in [-0.2, 0) is 18.6 Å². The smallest absolute Gasteiger partial charge is 0.415 e. The van der Waals surface area contributed by atoms with Crippen molar-refractivity contribution in [1.82, 2.24) is 10.2 Å². The lowest BCUT2D eigenvalue weighted by Gasteiger charge is -2.46. The fraction of sp³-hybridized carbons (Fsp3) is 0.857. The molecule has 2 rings (SSSR count). The number of hydrogen-bond acceptors (Lipinski definition) is 7. The van der Waals surface area contributed by atoms with Gasteiger partial charge in [0.15, 0.2) is 0 Å². The Labute approximate surface area is 187 Å². The molecule has 1 N–H and O–H groups in total. The van der Waals surface area contributed by atoms with Crippen LogP contribution in [0.4, 0.5) is 52.7 Å². The molecule has 0 radical (unpaired) electrons. The van der Waals surface area contributed by atoms with E-state index >= 15 is 0 Å². The highest BCUT2D eigenvalue weighted by Crippen LogP contribution is 2.65. The molecule has 1 atom stereocenters. The average molecular weight is 562 g/mol. The van der Waals surface area contributed by atoms with Crippen LogP contribution in [0.25, 0.3) is 0 Å². The van der Waals surface area contributed by atoms with Gasteiger partial charge in [0.25, 0.3) is 6.02 Å². The van der Waals surface area contributed by atoms with Crippen molar-refractivity contribution in [2.24, 2.45) is 9.76 Å². The number of nitrogens with one attached hydrogen (secondary N) is 1. The third-order valence-electron chi connectivity index (χ3n) is 4.88. The molecule has 2 heterocycles. The van der Waals surface area contributed by atoms with Gasteiger partial charge in [0, 0.05) is 7.05 Å². The fourth-order valence-electron chi connectivity index (χ4n) is 2.73. The fourth-order valence-corrected chi connectivity index (χ4v) is 4.61. The molecular weight excluding hydrogens is 547 g/mol. The molecule has 0 saturated carbocycles. The Morgan fingerprint density at radius 1 is 0.943 bits per heavy atom. The van der Waals surface area contributed by atoms with Crippen LogP contribution in [0, 0.1) is 0 Å². The van der Waals surface area contributed by atoms with E-state index in [-0.39, 0.29) is 6.61 Å². The molecule has 8 nitrogen and oxygen atoms in total. The lowest BCUT2D eigenvalue weighted by Crippen LogP contribution is -2.74. The van der Waals surface area contributed by atoms with Crippen molar-refractivity contribution < 1.29 is 71.2 Å². The standard InChI is InChI=1S/C14H15F12N4O4P/c1-5-32-35(31)8(2,3)30(4)6(29-35)27-7-28-9(11(15,16)17,12(18,19)20)34-10(33-7,13(21,22)23)14(24,25)26/h5H2,1-4H3,(H,27,28,29,31). The Kier molecular flexibility index (Phi) is 6.71. The van der Waals surface area contributed by atoms with E-state index in [9.17, 15) is 57.3 Å². The second-order valence-electron chi connectivity index (χ2n) is 7.41. The maximum Gasteiger partial charge on any atom is 0.465 e. The monoisotopic (exact) mass is 562 g/mol. The minimum absolute atomic E-state index is 0.285. The van der Waals surface area contributed by atoms with Crippen molar-refractivity contribution in [2.45, 2.75) is 62.3 Å². The topological polar surface area (TPSA) is 84.8 Å². The Morgan fingerprint density at radius 3 is 1.77 bits per heavy atom. The average Bonchev–Trinajstić information content (AvgIpc) is 2.78. The Bertz CT molecular complexity index is 925. The van der Waals surface area contributed by atoms with Crippen molar-refractivity contribution in [3.8, 4) is 0 Å². The second kappa shape index (κ2) is 8.03. The normalized spacial score (nSPS) is 26.7. The molecule has 35 heavy (non-hydrogen) atoms. The molecule has 0 fully saturated rings. The first-order chi connectivity index (χ1) is 15.3. The van der Waals surface area contributed by atoms with Crippen molar-refractivity contribution >= 4 is 19.5 Å². The van der Waals surface area contributed by atoms with Crippen molar-refractivity contribution in [3.05, 3.63) is 0 Å². The first-order valence-electron chi connectivity index (χ1n) is 8.93. The van der Waals surface area contributed by atoms with Crippen molar-refractivity contribution in [2.75, 3.05) is 13.7 Å². The van der Waals surface area contributed by atoms with E-state index in [2.05, 4.69) is 14.2 Å². The van der Waals surface area contributed by atoms with Gasteiger partial charge < -0.3 is 14.2 Å². The maximum atomic E-state index is 13.4. The number of alkyl halides is 12. The van der Waals surface area contributed by atoms with Gasteiger partial charge in [-0.25, -0.2) is 0 Å². The molecule has 204 valence electrons. The molecule has 0 aliphatic carbocycles. The van der Waals surface area contributed by atoms with Crippen LogP contribution in [0.5, 0.6) is 0 Å². The summed E-state index contributed by atoms with van der Waals surface area (Å²) in [6.07, 6.45) is -28.1. The van der Waals surface area contributed by atoms with Gasteiger partial charge in [-0.2, -0.15) is 62.4 Å². The molecule has 21 heteroatoms. The zero-order chi connectivity index (χ0) is 27.7. The molecule has 1 unspecified atom stereocenters. The van der Waals surface area contributed by atoms with Crippen molar-refractivity contribution in [3.63, 3.8) is 0 Å². The maximum absolute atomic E-state index is 13.4. The van der Waals surface area contributed by atoms with Crippen LogP contribution in [0.1, 0.15) is 20.8 Å². The predicted octanol–water partition coefficient (Wildman–Crippen LogP) is 4.89. The molecule has 0 aromatic heterocycles. The molecule has 0 amide bonds. The van der Waals surface area contributed by atoms with E-state index in [1.54, 1.807) is 0 Å². The van der Waals surface area contributed by atoms with E-state index < -0.39 is 61.0 Å². The number of aliphatic imine (C=N–C) groups is 1. The zero-order valence-corrected chi connectivity index (χ0v) is 18.6. The summed E-state index contributed by atoms with van der Waals surface area (Å²) in [4.78, 5) is 2.61. The van der Waals surface area contributed by atoms with Crippen LogP contribution in [0.3, 0.4) is 0 Å². The minimum atomic E-state index is -7.04. The van der Waals surface area contributed by atoms with Gasteiger partial charge in [-0.1, -0.05) is 0 Å². The summed E-state index contributed by atoms with van der Waals surface area (Å²) in [5.41, 5.74) is -6.39. The van der Waals surface area contributed by atoms with Gasteiger partial charge >= 0.3 is 43.7 Å². The SMILES string of the molecule is CCOP1(=O)N=C(NC2=NC(C(F)(F)F)(C(F)(F)F)OC(C(F)(F)F)(C(F)(F)F)O2)N(C)C1(C)C. The molecule has 2 aliphatic heterocycles. The highest BCUT2D eigenvalue weighted by atomic mass is 31.2. The van der Waals surface area contributed by atoms with E-state index in [1.807, 2.05) is 4.99 Å². The Balaban J connectivity index is 2.81. The van der Waals surface area contributed by atoms with Gasteiger partial charge in [0.2, 0.25) is 5.96 Å². The number of guanidine groups is 1. The highest BCUT2D eigenvalue weighted by molar-refractivity contribution is 7.59. The Hall–Kier alpha value is -1.95. The third-order valence-corrected chi connectivity index (χ3v) is 7.63. The molecule has 2 aliphatic rings. The molecule has 0 saturated heterocycles. The number of halogens is 12. The summed E-state index contributed by atoms with van der Waals surface area (Å²) >= 11 is 0. The third kappa shape index (κ3) is 4.30. The van der Waals surface area contributed by atoms with Gasteiger partial charge in [-0.05, 0) is 20.8 Å². The second-order valence-corrected chi connectivity index (χ2v) is 10.0. The minimum Gasteiger partial charge on any atom is -0.415 e. The van der Waals surface area contributed by atoms with E-state index in [4.69, 9.17) is 4.52 Å². The van der Waals surface area contributed by atoms with Gasteiger partial charge in [0.05, 0.1) is 6.61 Å².